The first kappa shape index (κ1) is 18.2. The number of hydrogen-bond donors (Lipinski definition) is 1. The Morgan fingerprint density at radius 3 is 2.21 bits per heavy atom. The molecular formula is C21H14Cl2N4O. The van der Waals surface area contributed by atoms with Crippen molar-refractivity contribution in [2.45, 2.75) is 0 Å². The number of hydrogen-bond acceptors (Lipinski definition) is 3. The van der Waals surface area contributed by atoms with Gasteiger partial charge in [-0.15, -0.1) is 5.10 Å². The zero-order chi connectivity index (χ0) is 19.5. The summed E-state index contributed by atoms with van der Waals surface area (Å²) in [6.07, 6.45) is 0. The molecule has 1 aromatic heterocycles. The molecule has 0 saturated heterocycles. The largest absolute Gasteiger partial charge is 0.319 e. The maximum Gasteiger partial charge on any atom is 0.295 e. The summed E-state index contributed by atoms with van der Waals surface area (Å²) in [5.74, 6) is 0.185. The van der Waals surface area contributed by atoms with Gasteiger partial charge in [0.05, 0.1) is 15.7 Å². The number of halogens is 2. The minimum atomic E-state index is -0.440. The van der Waals surface area contributed by atoms with Crippen molar-refractivity contribution >= 4 is 34.8 Å². The molecule has 0 aliphatic heterocycles. The summed E-state index contributed by atoms with van der Waals surface area (Å²) in [6, 6.07) is 24.0. The molecule has 28 heavy (non-hydrogen) atoms. The van der Waals surface area contributed by atoms with E-state index in [1.165, 1.54) is 0 Å². The van der Waals surface area contributed by atoms with Gasteiger partial charge in [-0.05, 0) is 30.3 Å². The lowest BCUT2D eigenvalue weighted by Crippen LogP contribution is -2.14. The van der Waals surface area contributed by atoms with Crippen LogP contribution in [-0.2, 0) is 0 Å². The number of para-hydroxylation sites is 1. The molecule has 0 atom stereocenters. The van der Waals surface area contributed by atoms with Crippen molar-refractivity contribution in [1.29, 1.82) is 0 Å². The Morgan fingerprint density at radius 1 is 0.857 bits per heavy atom. The molecule has 0 bridgehead atoms. The van der Waals surface area contributed by atoms with Gasteiger partial charge in [-0.25, -0.2) is 9.67 Å². The number of benzene rings is 3. The monoisotopic (exact) mass is 408 g/mol. The van der Waals surface area contributed by atoms with Crippen molar-refractivity contribution in [3.63, 3.8) is 0 Å². The molecule has 4 rings (SSSR count). The number of carbonyl (C=O) groups excluding carboxylic acids is 1. The third-order valence-corrected chi connectivity index (χ3v) is 4.76. The first-order chi connectivity index (χ1) is 13.6. The summed E-state index contributed by atoms with van der Waals surface area (Å²) in [5, 5.41) is 7.95. The molecule has 1 N–H and O–H groups in total. The van der Waals surface area contributed by atoms with Crippen molar-refractivity contribution in [1.82, 2.24) is 14.8 Å². The standard InChI is InChI=1S/C21H14Cl2N4O/c22-17-12-11-15(13-18(17)23)24-21(28)19-25-20(14-7-3-1-4-8-14)27(26-19)16-9-5-2-6-10-16/h1-13H,(H,24,28). The number of nitrogens with one attached hydrogen (secondary N) is 1. The molecule has 0 unspecified atom stereocenters. The van der Waals surface area contributed by atoms with Crippen molar-refractivity contribution in [3.8, 4) is 17.1 Å². The van der Waals surface area contributed by atoms with Crippen LogP contribution in [0, 0.1) is 0 Å². The Balaban J connectivity index is 1.72. The smallest absolute Gasteiger partial charge is 0.295 e. The van der Waals surface area contributed by atoms with Crippen molar-refractivity contribution in [3.05, 3.63) is 94.7 Å². The van der Waals surface area contributed by atoms with Crippen LogP contribution in [0.3, 0.4) is 0 Å². The van der Waals surface area contributed by atoms with E-state index < -0.39 is 5.91 Å². The van der Waals surface area contributed by atoms with Crippen LogP contribution in [0.1, 0.15) is 10.6 Å². The van der Waals surface area contributed by atoms with Crippen LogP contribution in [0.15, 0.2) is 78.9 Å². The zero-order valence-electron chi connectivity index (χ0n) is 14.5. The second-order valence-electron chi connectivity index (χ2n) is 5.96. The summed E-state index contributed by atoms with van der Waals surface area (Å²) in [7, 11) is 0. The fraction of sp³-hybridized carbons (Fsp3) is 0. The molecule has 0 radical (unpaired) electrons. The summed E-state index contributed by atoms with van der Waals surface area (Å²) in [4.78, 5) is 17.2. The first-order valence-corrected chi connectivity index (χ1v) is 9.22. The molecule has 0 fully saturated rings. The van der Waals surface area contributed by atoms with Crippen LogP contribution < -0.4 is 5.32 Å². The summed E-state index contributed by atoms with van der Waals surface area (Å²) in [6.45, 7) is 0. The van der Waals surface area contributed by atoms with Crippen LogP contribution in [0.25, 0.3) is 17.1 Å². The maximum absolute atomic E-state index is 12.7. The lowest BCUT2D eigenvalue weighted by Gasteiger charge is -2.05. The Bertz CT molecular complexity index is 1070. The summed E-state index contributed by atoms with van der Waals surface area (Å²) in [5.41, 5.74) is 2.17. The predicted molar refractivity (Wildman–Crippen MR) is 111 cm³/mol. The SMILES string of the molecule is O=C(Nc1ccc(Cl)c(Cl)c1)c1nc(-c2ccccc2)n(-c2ccccc2)n1. The van der Waals surface area contributed by atoms with Gasteiger partial charge < -0.3 is 5.32 Å². The van der Waals surface area contributed by atoms with E-state index >= 15 is 0 Å². The Morgan fingerprint density at radius 2 is 1.54 bits per heavy atom. The van der Waals surface area contributed by atoms with Gasteiger partial charge in [-0.1, -0.05) is 71.7 Å². The highest BCUT2D eigenvalue weighted by Crippen LogP contribution is 2.26. The number of nitrogens with zero attached hydrogens (tertiary/aromatic N) is 3. The molecule has 5 nitrogen and oxygen atoms in total. The highest BCUT2D eigenvalue weighted by molar-refractivity contribution is 6.42. The molecular weight excluding hydrogens is 395 g/mol. The van der Waals surface area contributed by atoms with Gasteiger partial charge in [0.25, 0.3) is 5.91 Å². The van der Waals surface area contributed by atoms with Gasteiger partial charge in [0.15, 0.2) is 5.82 Å². The lowest BCUT2D eigenvalue weighted by molar-refractivity contribution is 0.101. The number of rotatable bonds is 4. The van der Waals surface area contributed by atoms with Gasteiger partial charge in [0.2, 0.25) is 5.82 Å². The number of anilines is 1. The molecule has 3 aromatic carbocycles. The van der Waals surface area contributed by atoms with E-state index in [0.29, 0.717) is 21.6 Å². The Hall–Kier alpha value is -3.15. The van der Waals surface area contributed by atoms with E-state index in [1.807, 2.05) is 60.7 Å². The molecule has 0 spiro atoms. The normalized spacial score (nSPS) is 10.6. The molecule has 4 aromatic rings. The van der Waals surface area contributed by atoms with Crippen molar-refractivity contribution in [2.75, 3.05) is 5.32 Å². The van der Waals surface area contributed by atoms with Crippen LogP contribution in [0.5, 0.6) is 0 Å². The molecule has 0 aliphatic rings. The van der Waals surface area contributed by atoms with Gasteiger partial charge in [-0.3, -0.25) is 4.79 Å². The number of carbonyl (C=O) groups is 1. The number of amides is 1. The van der Waals surface area contributed by atoms with E-state index in [0.717, 1.165) is 11.3 Å². The van der Waals surface area contributed by atoms with Gasteiger partial charge in [-0.2, -0.15) is 0 Å². The molecule has 1 heterocycles. The molecule has 0 aliphatic carbocycles. The number of aromatic nitrogens is 3. The van der Waals surface area contributed by atoms with Crippen LogP contribution in [0.2, 0.25) is 10.0 Å². The van der Waals surface area contributed by atoms with Crippen LogP contribution >= 0.6 is 23.2 Å². The lowest BCUT2D eigenvalue weighted by atomic mass is 10.2. The van der Waals surface area contributed by atoms with Gasteiger partial charge in [0, 0.05) is 11.3 Å². The van der Waals surface area contributed by atoms with E-state index in [1.54, 1.807) is 22.9 Å². The second kappa shape index (κ2) is 7.84. The zero-order valence-corrected chi connectivity index (χ0v) is 16.0. The topological polar surface area (TPSA) is 59.8 Å². The molecule has 7 heteroatoms. The average molecular weight is 409 g/mol. The molecule has 0 saturated carbocycles. The van der Waals surface area contributed by atoms with E-state index in [9.17, 15) is 4.79 Å². The molecule has 1 amide bonds. The minimum Gasteiger partial charge on any atom is -0.319 e. The molecule has 138 valence electrons. The van der Waals surface area contributed by atoms with Crippen molar-refractivity contribution in [2.24, 2.45) is 0 Å². The fourth-order valence-electron chi connectivity index (χ4n) is 2.69. The van der Waals surface area contributed by atoms with Crippen LogP contribution in [-0.4, -0.2) is 20.7 Å². The van der Waals surface area contributed by atoms with Gasteiger partial charge in [0.1, 0.15) is 0 Å². The maximum atomic E-state index is 12.7. The Kier molecular flexibility index (Phi) is 5.10. The summed E-state index contributed by atoms with van der Waals surface area (Å²) < 4.78 is 1.65. The van der Waals surface area contributed by atoms with Gasteiger partial charge >= 0.3 is 0 Å². The third-order valence-electron chi connectivity index (χ3n) is 4.02. The highest BCUT2D eigenvalue weighted by Gasteiger charge is 2.19. The van der Waals surface area contributed by atoms with Crippen molar-refractivity contribution < 1.29 is 4.79 Å². The Labute approximate surface area is 171 Å². The van der Waals surface area contributed by atoms with Crippen LogP contribution in [0.4, 0.5) is 5.69 Å². The van der Waals surface area contributed by atoms with E-state index in [2.05, 4.69) is 15.4 Å². The fourth-order valence-corrected chi connectivity index (χ4v) is 2.99. The highest BCUT2D eigenvalue weighted by atomic mass is 35.5. The third kappa shape index (κ3) is 3.76. The first-order valence-electron chi connectivity index (χ1n) is 8.46. The predicted octanol–water partition coefficient (Wildman–Crippen LogP) is 5.49. The van der Waals surface area contributed by atoms with E-state index in [4.69, 9.17) is 23.2 Å². The quantitative estimate of drug-likeness (QED) is 0.485. The second-order valence-corrected chi connectivity index (χ2v) is 6.77. The minimum absolute atomic E-state index is 0.0498. The average Bonchev–Trinajstić information content (AvgIpc) is 3.18. The summed E-state index contributed by atoms with van der Waals surface area (Å²) >= 11 is 11.9. The van der Waals surface area contributed by atoms with E-state index in [-0.39, 0.29) is 5.82 Å².